The van der Waals surface area contributed by atoms with Crippen LogP contribution in [-0.2, 0) is 17.6 Å². The molecule has 0 bridgehead atoms. The number of carboxylic acid groups (broad SMARTS) is 1. The lowest BCUT2D eigenvalue weighted by Gasteiger charge is -2.09. The Labute approximate surface area is 116 Å². The average Bonchev–Trinajstić information content (AvgIpc) is 2.39. The monoisotopic (exact) mass is 262 g/mol. The number of hydrogen-bond acceptors (Lipinski definition) is 1. The third kappa shape index (κ3) is 7.00. The quantitative estimate of drug-likeness (QED) is 0.667. The minimum Gasteiger partial charge on any atom is -0.481 e. The molecule has 0 aliphatic heterocycles. The van der Waals surface area contributed by atoms with Crippen LogP contribution >= 0.6 is 0 Å². The first kappa shape index (κ1) is 15.7. The first-order chi connectivity index (χ1) is 9.11. The molecule has 2 heteroatoms. The molecule has 1 aromatic carbocycles. The van der Waals surface area contributed by atoms with E-state index in [1.165, 1.54) is 17.5 Å². The van der Waals surface area contributed by atoms with E-state index in [1.807, 2.05) is 0 Å². The van der Waals surface area contributed by atoms with Gasteiger partial charge in [0, 0.05) is 6.42 Å². The molecule has 0 fully saturated rings. The van der Waals surface area contributed by atoms with Crippen LogP contribution in [0.25, 0.3) is 0 Å². The number of rotatable bonds is 9. The number of carboxylic acids is 1. The van der Waals surface area contributed by atoms with E-state index in [1.54, 1.807) is 0 Å². The molecule has 1 unspecified atom stereocenters. The Kier molecular flexibility index (Phi) is 7.24. The summed E-state index contributed by atoms with van der Waals surface area (Å²) >= 11 is 0. The Hall–Kier alpha value is -1.31. The summed E-state index contributed by atoms with van der Waals surface area (Å²) in [6.45, 7) is 4.52. The Morgan fingerprint density at radius 2 is 1.74 bits per heavy atom. The highest BCUT2D eigenvalue weighted by atomic mass is 16.4. The van der Waals surface area contributed by atoms with Gasteiger partial charge in [-0.25, -0.2) is 0 Å². The summed E-state index contributed by atoms with van der Waals surface area (Å²) in [7, 11) is 0. The molecule has 1 atom stereocenters. The highest BCUT2D eigenvalue weighted by molar-refractivity contribution is 5.66. The van der Waals surface area contributed by atoms with Gasteiger partial charge in [0.15, 0.2) is 0 Å². The predicted octanol–water partition coefficient (Wildman–Crippen LogP) is 4.46. The normalized spacial score (nSPS) is 12.3. The van der Waals surface area contributed by atoms with Crippen LogP contribution in [0.15, 0.2) is 24.3 Å². The lowest BCUT2D eigenvalue weighted by molar-refractivity contribution is -0.137. The molecular formula is C17H26O2. The molecule has 0 amide bonds. The van der Waals surface area contributed by atoms with Crippen LogP contribution in [0.4, 0.5) is 0 Å². The van der Waals surface area contributed by atoms with Gasteiger partial charge in [0.25, 0.3) is 0 Å². The lowest BCUT2D eigenvalue weighted by atomic mass is 9.97. The summed E-state index contributed by atoms with van der Waals surface area (Å²) in [5.41, 5.74) is 2.78. The minimum absolute atomic E-state index is 0.299. The molecular weight excluding hydrogens is 236 g/mol. The number of aryl methyl sites for hydroxylation is 1. The van der Waals surface area contributed by atoms with Gasteiger partial charge >= 0.3 is 5.97 Å². The molecule has 19 heavy (non-hydrogen) atoms. The van der Waals surface area contributed by atoms with Gasteiger partial charge in [0.05, 0.1) is 0 Å². The number of carbonyl (C=O) groups is 1. The van der Waals surface area contributed by atoms with Gasteiger partial charge in [-0.3, -0.25) is 4.79 Å². The van der Waals surface area contributed by atoms with Crippen molar-refractivity contribution >= 4 is 5.97 Å². The molecule has 1 aromatic rings. The Morgan fingerprint density at radius 1 is 1.11 bits per heavy atom. The Balaban J connectivity index is 2.26. The third-order valence-corrected chi connectivity index (χ3v) is 3.66. The second-order valence-corrected chi connectivity index (χ2v) is 5.49. The van der Waals surface area contributed by atoms with Gasteiger partial charge in [-0.05, 0) is 42.7 Å². The second-order valence-electron chi connectivity index (χ2n) is 5.49. The predicted molar refractivity (Wildman–Crippen MR) is 79.4 cm³/mol. The van der Waals surface area contributed by atoms with Gasteiger partial charge in [0.1, 0.15) is 0 Å². The van der Waals surface area contributed by atoms with Crippen molar-refractivity contribution in [3.05, 3.63) is 35.4 Å². The minimum atomic E-state index is -0.686. The maximum atomic E-state index is 10.4. The summed E-state index contributed by atoms with van der Waals surface area (Å²) in [5, 5.41) is 8.55. The maximum absolute atomic E-state index is 10.4. The van der Waals surface area contributed by atoms with Crippen LogP contribution in [0.5, 0.6) is 0 Å². The van der Waals surface area contributed by atoms with Gasteiger partial charge in [0.2, 0.25) is 0 Å². The number of benzene rings is 1. The molecule has 2 nitrogen and oxygen atoms in total. The van der Waals surface area contributed by atoms with Crippen molar-refractivity contribution in [1.29, 1.82) is 0 Å². The van der Waals surface area contributed by atoms with E-state index in [0.717, 1.165) is 38.0 Å². The largest absolute Gasteiger partial charge is 0.481 e. The number of unbranched alkanes of at least 4 members (excludes halogenated alkanes) is 2. The van der Waals surface area contributed by atoms with E-state index < -0.39 is 5.97 Å². The zero-order chi connectivity index (χ0) is 14.1. The summed E-state index contributed by atoms with van der Waals surface area (Å²) in [6.07, 6.45) is 6.62. The molecule has 106 valence electrons. The van der Waals surface area contributed by atoms with Gasteiger partial charge in [-0.15, -0.1) is 0 Å². The van der Waals surface area contributed by atoms with Crippen molar-refractivity contribution in [2.45, 2.75) is 58.8 Å². The van der Waals surface area contributed by atoms with Gasteiger partial charge in [-0.1, -0.05) is 51.0 Å². The molecule has 0 radical (unpaired) electrons. The van der Waals surface area contributed by atoms with Crippen LogP contribution in [0.1, 0.15) is 57.1 Å². The van der Waals surface area contributed by atoms with Crippen molar-refractivity contribution in [2.75, 3.05) is 0 Å². The standard InChI is InChI=1S/C17H26O2/c1-3-14(2)13-16-11-9-15(10-12-16)7-5-4-6-8-17(18)19/h9-12,14H,3-8,13H2,1-2H3,(H,18,19). The third-order valence-electron chi connectivity index (χ3n) is 3.66. The van der Waals surface area contributed by atoms with E-state index in [4.69, 9.17) is 5.11 Å². The van der Waals surface area contributed by atoms with E-state index in [0.29, 0.717) is 6.42 Å². The van der Waals surface area contributed by atoms with Crippen molar-refractivity contribution < 1.29 is 9.90 Å². The first-order valence-corrected chi connectivity index (χ1v) is 7.41. The Bertz CT molecular complexity index is 367. The van der Waals surface area contributed by atoms with Crippen molar-refractivity contribution in [2.24, 2.45) is 5.92 Å². The van der Waals surface area contributed by atoms with E-state index in [9.17, 15) is 4.79 Å². The summed E-state index contributed by atoms with van der Waals surface area (Å²) in [4.78, 5) is 10.4. The molecule has 0 saturated heterocycles. The van der Waals surface area contributed by atoms with Crippen LogP contribution in [-0.4, -0.2) is 11.1 Å². The van der Waals surface area contributed by atoms with Crippen LogP contribution in [0, 0.1) is 5.92 Å². The molecule has 0 aliphatic rings. The highest BCUT2D eigenvalue weighted by Crippen LogP contribution is 2.14. The topological polar surface area (TPSA) is 37.3 Å². The molecule has 0 spiro atoms. The molecule has 0 aliphatic carbocycles. The fourth-order valence-electron chi connectivity index (χ4n) is 2.17. The summed E-state index contributed by atoms with van der Waals surface area (Å²) < 4.78 is 0. The first-order valence-electron chi connectivity index (χ1n) is 7.41. The fraction of sp³-hybridized carbons (Fsp3) is 0.588. The molecule has 1 rings (SSSR count). The van der Waals surface area contributed by atoms with Crippen LogP contribution < -0.4 is 0 Å². The SMILES string of the molecule is CCC(C)Cc1ccc(CCCCCC(=O)O)cc1. The highest BCUT2D eigenvalue weighted by Gasteiger charge is 2.01. The number of aliphatic carboxylic acids is 1. The zero-order valence-corrected chi connectivity index (χ0v) is 12.2. The second kappa shape index (κ2) is 8.73. The zero-order valence-electron chi connectivity index (χ0n) is 12.2. The van der Waals surface area contributed by atoms with E-state index >= 15 is 0 Å². The molecule has 1 N–H and O–H groups in total. The van der Waals surface area contributed by atoms with Crippen molar-refractivity contribution in [1.82, 2.24) is 0 Å². The van der Waals surface area contributed by atoms with Crippen molar-refractivity contribution in [3.8, 4) is 0 Å². The summed E-state index contributed by atoms with van der Waals surface area (Å²) in [6, 6.07) is 8.90. The van der Waals surface area contributed by atoms with E-state index in [2.05, 4.69) is 38.1 Å². The average molecular weight is 262 g/mol. The van der Waals surface area contributed by atoms with Crippen LogP contribution in [0.3, 0.4) is 0 Å². The smallest absolute Gasteiger partial charge is 0.303 e. The fourth-order valence-corrected chi connectivity index (χ4v) is 2.17. The van der Waals surface area contributed by atoms with Gasteiger partial charge in [-0.2, -0.15) is 0 Å². The summed E-state index contributed by atoms with van der Waals surface area (Å²) in [5.74, 6) is 0.0660. The van der Waals surface area contributed by atoms with Crippen molar-refractivity contribution in [3.63, 3.8) is 0 Å². The molecule has 0 heterocycles. The van der Waals surface area contributed by atoms with Crippen LogP contribution in [0.2, 0.25) is 0 Å². The lowest BCUT2D eigenvalue weighted by Crippen LogP contribution is -1.98. The molecule has 0 saturated carbocycles. The van der Waals surface area contributed by atoms with Gasteiger partial charge < -0.3 is 5.11 Å². The number of hydrogen-bond donors (Lipinski definition) is 1. The Morgan fingerprint density at radius 3 is 2.32 bits per heavy atom. The molecule has 0 aromatic heterocycles. The maximum Gasteiger partial charge on any atom is 0.303 e. The van der Waals surface area contributed by atoms with E-state index in [-0.39, 0.29) is 0 Å².